The molecule has 0 spiro atoms. The highest BCUT2D eigenvalue weighted by molar-refractivity contribution is 5.18. The van der Waals surface area contributed by atoms with E-state index in [1.807, 2.05) is 0 Å². The lowest BCUT2D eigenvalue weighted by molar-refractivity contribution is 0.0733. The minimum atomic E-state index is -0.539. The van der Waals surface area contributed by atoms with Crippen LogP contribution in [-0.2, 0) is 0 Å². The third kappa shape index (κ3) is 2.19. The fourth-order valence-electron chi connectivity index (χ4n) is 2.52. The molecule has 1 heteroatoms. The topological polar surface area (TPSA) is 20.2 Å². The summed E-state index contributed by atoms with van der Waals surface area (Å²) in [6, 6.07) is 0. The Morgan fingerprint density at radius 3 is 2.71 bits per heavy atom. The number of aliphatic hydroxyl groups is 1. The second-order valence-electron chi connectivity index (χ2n) is 4.82. The summed E-state index contributed by atoms with van der Waals surface area (Å²) in [4.78, 5) is 0. The first-order chi connectivity index (χ1) is 6.49. The molecule has 78 valence electrons. The molecule has 0 bridgehead atoms. The van der Waals surface area contributed by atoms with E-state index in [0.29, 0.717) is 0 Å². The molecule has 0 aromatic heterocycles. The third-order valence-electron chi connectivity index (χ3n) is 3.21. The number of hydrogen-bond acceptors (Lipinski definition) is 1. The van der Waals surface area contributed by atoms with Crippen LogP contribution in [0.25, 0.3) is 0 Å². The maximum atomic E-state index is 9.95. The fourth-order valence-corrected chi connectivity index (χ4v) is 2.52. The number of rotatable bonds is 1. The van der Waals surface area contributed by atoms with Crippen LogP contribution in [0.3, 0.4) is 0 Å². The van der Waals surface area contributed by atoms with Crippen LogP contribution in [0.4, 0.5) is 0 Å². The van der Waals surface area contributed by atoms with Gasteiger partial charge in [-0.2, -0.15) is 0 Å². The summed E-state index contributed by atoms with van der Waals surface area (Å²) in [5.41, 5.74) is 1.30. The quantitative estimate of drug-likeness (QED) is 0.500. The van der Waals surface area contributed by atoms with E-state index in [-0.39, 0.29) is 11.3 Å². The van der Waals surface area contributed by atoms with Crippen LogP contribution in [0.1, 0.15) is 40.0 Å². The first-order valence-electron chi connectivity index (χ1n) is 5.27. The van der Waals surface area contributed by atoms with E-state index >= 15 is 0 Å². The predicted octanol–water partition coefficient (Wildman–Crippen LogP) is 2.75. The van der Waals surface area contributed by atoms with Crippen LogP contribution >= 0.6 is 0 Å². The second-order valence-corrected chi connectivity index (χ2v) is 4.82. The van der Waals surface area contributed by atoms with Gasteiger partial charge in [-0.1, -0.05) is 31.9 Å². The molecule has 0 amide bonds. The van der Waals surface area contributed by atoms with Crippen molar-refractivity contribution in [2.75, 3.05) is 0 Å². The zero-order valence-corrected chi connectivity index (χ0v) is 9.43. The Morgan fingerprint density at radius 2 is 2.21 bits per heavy atom. The van der Waals surface area contributed by atoms with Gasteiger partial charge in [0, 0.05) is 5.92 Å². The van der Waals surface area contributed by atoms with Crippen molar-refractivity contribution in [3.05, 3.63) is 12.2 Å². The molecule has 14 heavy (non-hydrogen) atoms. The Kier molecular flexibility index (Phi) is 3.39. The highest BCUT2D eigenvalue weighted by Crippen LogP contribution is 2.44. The highest BCUT2D eigenvalue weighted by atomic mass is 16.3. The third-order valence-corrected chi connectivity index (χ3v) is 3.21. The molecule has 0 aliphatic heterocycles. The first kappa shape index (κ1) is 11.3. The Morgan fingerprint density at radius 1 is 1.57 bits per heavy atom. The maximum Gasteiger partial charge on any atom is 0.121 e. The lowest BCUT2D eigenvalue weighted by Crippen LogP contribution is -2.37. The van der Waals surface area contributed by atoms with E-state index in [1.54, 1.807) is 6.92 Å². The monoisotopic (exact) mass is 192 g/mol. The van der Waals surface area contributed by atoms with Gasteiger partial charge < -0.3 is 5.11 Å². The van der Waals surface area contributed by atoms with Gasteiger partial charge in [0.25, 0.3) is 0 Å². The van der Waals surface area contributed by atoms with Gasteiger partial charge in [-0.15, -0.1) is 5.92 Å². The molecule has 2 unspecified atom stereocenters. The smallest absolute Gasteiger partial charge is 0.121 e. The maximum absolute atomic E-state index is 9.95. The van der Waals surface area contributed by atoms with Crippen molar-refractivity contribution in [1.82, 2.24) is 0 Å². The predicted molar refractivity (Wildman–Crippen MR) is 59.7 cm³/mol. The van der Waals surface area contributed by atoms with E-state index in [0.717, 1.165) is 18.4 Å². The lowest BCUT2D eigenvalue weighted by Gasteiger charge is -2.41. The minimum Gasteiger partial charge on any atom is -0.380 e. The van der Waals surface area contributed by atoms with Gasteiger partial charge in [-0.3, -0.25) is 0 Å². The van der Waals surface area contributed by atoms with Crippen molar-refractivity contribution in [3.8, 4) is 11.8 Å². The van der Waals surface area contributed by atoms with Crippen LogP contribution in [-0.4, -0.2) is 11.2 Å². The number of hydrogen-bond donors (Lipinski definition) is 1. The van der Waals surface area contributed by atoms with E-state index in [2.05, 4.69) is 32.3 Å². The van der Waals surface area contributed by atoms with Crippen molar-refractivity contribution in [2.24, 2.45) is 11.3 Å². The molecule has 1 rings (SSSR count). The van der Waals surface area contributed by atoms with Gasteiger partial charge >= 0.3 is 0 Å². The molecule has 1 nitrogen and oxygen atoms in total. The summed E-state index contributed by atoms with van der Waals surface area (Å²) in [6.07, 6.45) is 2.84. The molecule has 0 saturated heterocycles. The van der Waals surface area contributed by atoms with E-state index in [9.17, 15) is 5.11 Å². The first-order valence-corrected chi connectivity index (χ1v) is 5.27. The molecule has 0 radical (unpaired) electrons. The van der Waals surface area contributed by atoms with E-state index in [4.69, 9.17) is 0 Å². The van der Waals surface area contributed by atoms with Crippen LogP contribution in [0, 0.1) is 23.2 Å². The molecule has 2 atom stereocenters. The molecule has 0 heterocycles. The largest absolute Gasteiger partial charge is 0.380 e. The van der Waals surface area contributed by atoms with Gasteiger partial charge in [0.15, 0.2) is 0 Å². The molecule has 1 fully saturated rings. The summed E-state index contributed by atoms with van der Waals surface area (Å²) in [6.45, 7) is 10.2. The van der Waals surface area contributed by atoms with Crippen LogP contribution in [0.15, 0.2) is 12.2 Å². The van der Waals surface area contributed by atoms with Gasteiger partial charge in [0.1, 0.15) is 6.10 Å². The second kappa shape index (κ2) is 4.19. The molecule has 1 N–H and O–H groups in total. The summed E-state index contributed by atoms with van der Waals surface area (Å²) in [5, 5.41) is 9.95. The molecular weight excluding hydrogens is 172 g/mol. The molecule has 0 aromatic rings. The van der Waals surface area contributed by atoms with Crippen molar-refractivity contribution in [2.45, 2.75) is 46.1 Å². The zero-order chi connectivity index (χ0) is 10.8. The van der Waals surface area contributed by atoms with Gasteiger partial charge in [0.2, 0.25) is 0 Å². The average Bonchev–Trinajstić information content (AvgIpc) is 2.02. The van der Waals surface area contributed by atoms with Crippen molar-refractivity contribution >= 4 is 0 Å². The molecule has 1 saturated carbocycles. The minimum absolute atomic E-state index is 0.137. The zero-order valence-electron chi connectivity index (χ0n) is 9.43. The Labute approximate surface area is 87.2 Å². The van der Waals surface area contributed by atoms with Crippen molar-refractivity contribution < 1.29 is 5.11 Å². The van der Waals surface area contributed by atoms with Crippen molar-refractivity contribution in [3.63, 3.8) is 0 Å². The van der Waals surface area contributed by atoms with Gasteiger partial charge in [0.05, 0.1) is 0 Å². The summed E-state index contributed by atoms with van der Waals surface area (Å²) in [7, 11) is 0. The average molecular weight is 192 g/mol. The van der Waals surface area contributed by atoms with E-state index < -0.39 is 6.10 Å². The van der Waals surface area contributed by atoms with E-state index in [1.165, 1.54) is 6.42 Å². The van der Waals surface area contributed by atoms with Crippen LogP contribution in [0.2, 0.25) is 0 Å². The fraction of sp³-hybridized carbons (Fsp3) is 0.692. The van der Waals surface area contributed by atoms with Gasteiger partial charge in [-0.05, 0) is 31.6 Å². The van der Waals surface area contributed by atoms with Crippen LogP contribution < -0.4 is 0 Å². The number of aliphatic hydroxyl groups excluding tert-OH is 1. The summed E-state index contributed by atoms with van der Waals surface area (Å²) < 4.78 is 0. The van der Waals surface area contributed by atoms with Gasteiger partial charge in [-0.25, -0.2) is 0 Å². The van der Waals surface area contributed by atoms with Crippen LogP contribution in [0.5, 0.6) is 0 Å². The SMILES string of the molecule is C=C1CCCC(C)(C)C1C(O)C#CC. The normalized spacial score (nSPS) is 27.7. The lowest BCUT2D eigenvalue weighted by atomic mass is 9.64. The molecular formula is C13H20O. The molecule has 0 aromatic carbocycles. The Bertz CT molecular complexity index is 277. The molecule has 1 aliphatic carbocycles. The summed E-state index contributed by atoms with van der Waals surface area (Å²) in [5.74, 6) is 5.77. The molecule has 1 aliphatic rings. The highest BCUT2D eigenvalue weighted by Gasteiger charge is 2.38. The van der Waals surface area contributed by atoms with Crippen molar-refractivity contribution in [1.29, 1.82) is 0 Å². The standard InChI is InChI=1S/C13H20O/c1-5-7-11(14)12-10(2)8-6-9-13(12,3)4/h11-12,14H,2,6,8-9H2,1,3-4H3. The summed E-state index contributed by atoms with van der Waals surface area (Å²) >= 11 is 0. The Balaban J connectivity index is 2.88. The Hall–Kier alpha value is -0.740.